The molecule has 0 bridgehead atoms. The summed E-state index contributed by atoms with van der Waals surface area (Å²) in [5.74, 6) is -0.265. The van der Waals surface area contributed by atoms with Crippen LogP contribution in [-0.4, -0.2) is 35.2 Å². The van der Waals surface area contributed by atoms with Gasteiger partial charge in [-0.05, 0) is 43.7 Å². The zero-order valence-corrected chi connectivity index (χ0v) is 17.6. The number of hydrogen-bond acceptors (Lipinski definition) is 5. The average molecular weight is 432 g/mol. The molecule has 0 spiro atoms. The Kier molecular flexibility index (Phi) is 6.62. The normalized spacial score (nSPS) is 11.2. The summed E-state index contributed by atoms with van der Waals surface area (Å²) in [6.07, 6.45) is 0. The van der Waals surface area contributed by atoms with Gasteiger partial charge < -0.3 is 9.47 Å². The molecule has 0 aliphatic heterocycles. The van der Waals surface area contributed by atoms with Gasteiger partial charge in [-0.1, -0.05) is 29.3 Å². The van der Waals surface area contributed by atoms with Crippen molar-refractivity contribution >= 4 is 44.9 Å². The number of rotatable bonds is 6. The molecule has 2 aromatic carbocycles. The fourth-order valence-corrected chi connectivity index (χ4v) is 4.50. The highest BCUT2D eigenvalue weighted by Gasteiger charge is 2.28. The van der Waals surface area contributed by atoms with E-state index in [1.807, 2.05) is 0 Å². The van der Waals surface area contributed by atoms with Crippen LogP contribution >= 0.6 is 23.2 Å². The number of carbonyl (C=O) groups excluding carboxylic acids is 1. The van der Waals surface area contributed by atoms with E-state index in [2.05, 4.69) is 0 Å². The summed E-state index contributed by atoms with van der Waals surface area (Å²) in [4.78, 5) is 11.8. The number of sulfonamides is 1. The van der Waals surface area contributed by atoms with Gasteiger partial charge in [0.15, 0.2) is 0 Å². The van der Waals surface area contributed by atoms with E-state index in [-0.39, 0.29) is 32.9 Å². The van der Waals surface area contributed by atoms with E-state index < -0.39 is 16.0 Å². The summed E-state index contributed by atoms with van der Waals surface area (Å²) < 4.78 is 37.3. The van der Waals surface area contributed by atoms with Gasteiger partial charge in [0.2, 0.25) is 0 Å². The van der Waals surface area contributed by atoms with E-state index in [9.17, 15) is 13.2 Å². The molecule has 0 aliphatic carbocycles. The highest BCUT2D eigenvalue weighted by atomic mass is 35.5. The van der Waals surface area contributed by atoms with Crippen molar-refractivity contribution in [2.75, 3.05) is 25.1 Å². The molecule has 27 heavy (non-hydrogen) atoms. The minimum Gasteiger partial charge on any atom is -0.495 e. The first-order chi connectivity index (χ1) is 12.6. The Balaban J connectivity index is 2.54. The standard InChI is InChI=1S/C18H19Cl2NO5S/c1-5-26-18(22)12-7-6-11(2)13(10-12)21(3)27(23,24)15-9-8-14(25-4)16(19)17(15)20/h6-10H,5H2,1-4H3. The molecular formula is C18H19Cl2NO5S. The summed E-state index contributed by atoms with van der Waals surface area (Å²) in [5.41, 5.74) is 1.23. The zero-order valence-electron chi connectivity index (χ0n) is 15.2. The summed E-state index contributed by atoms with van der Waals surface area (Å²) in [6.45, 7) is 3.65. The van der Waals surface area contributed by atoms with Gasteiger partial charge in [-0.2, -0.15) is 0 Å². The molecule has 6 nitrogen and oxygen atoms in total. The van der Waals surface area contributed by atoms with Crippen molar-refractivity contribution in [3.63, 3.8) is 0 Å². The minimum absolute atomic E-state index is 0.00522. The molecule has 0 aromatic heterocycles. The van der Waals surface area contributed by atoms with Crippen LogP contribution in [0.4, 0.5) is 5.69 Å². The maximum atomic E-state index is 13.1. The number of nitrogens with zero attached hydrogens (tertiary/aromatic N) is 1. The lowest BCUT2D eigenvalue weighted by Crippen LogP contribution is -2.28. The first-order valence-electron chi connectivity index (χ1n) is 7.93. The van der Waals surface area contributed by atoms with E-state index in [0.717, 1.165) is 4.31 Å². The van der Waals surface area contributed by atoms with Crippen LogP contribution in [0.2, 0.25) is 10.0 Å². The smallest absolute Gasteiger partial charge is 0.338 e. The quantitative estimate of drug-likeness (QED) is 0.636. The molecule has 0 unspecified atom stereocenters. The monoisotopic (exact) mass is 431 g/mol. The SMILES string of the molecule is CCOC(=O)c1ccc(C)c(N(C)S(=O)(=O)c2ccc(OC)c(Cl)c2Cl)c1. The topological polar surface area (TPSA) is 72.9 Å². The molecule has 0 heterocycles. The number of hydrogen-bond donors (Lipinski definition) is 0. The Morgan fingerprint density at radius 3 is 2.41 bits per heavy atom. The Hall–Kier alpha value is -1.96. The molecule has 9 heteroatoms. The molecule has 2 rings (SSSR count). The van der Waals surface area contributed by atoms with Crippen molar-refractivity contribution in [1.82, 2.24) is 0 Å². The first-order valence-corrected chi connectivity index (χ1v) is 10.1. The summed E-state index contributed by atoms with van der Waals surface area (Å²) in [7, 11) is -1.26. The van der Waals surface area contributed by atoms with E-state index >= 15 is 0 Å². The molecule has 0 atom stereocenters. The van der Waals surface area contributed by atoms with Crippen molar-refractivity contribution in [3.05, 3.63) is 51.5 Å². The lowest BCUT2D eigenvalue weighted by molar-refractivity contribution is 0.0526. The van der Waals surface area contributed by atoms with Gasteiger partial charge in [-0.15, -0.1) is 0 Å². The molecule has 0 aliphatic rings. The molecule has 0 amide bonds. The van der Waals surface area contributed by atoms with E-state index in [1.165, 1.54) is 32.4 Å². The fraction of sp³-hybridized carbons (Fsp3) is 0.278. The molecule has 0 saturated heterocycles. The number of esters is 1. The number of methoxy groups -OCH3 is 1. The van der Waals surface area contributed by atoms with Crippen LogP contribution in [0.25, 0.3) is 0 Å². The predicted octanol–water partition coefficient (Wildman–Crippen LogP) is 4.31. The van der Waals surface area contributed by atoms with E-state index in [4.69, 9.17) is 32.7 Å². The molecule has 0 fully saturated rings. The number of benzene rings is 2. The molecule has 0 saturated carbocycles. The van der Waals surface area contributed by atoms with Gasteiger partial charge in [0, 0.05) is 7.05 Å². The second-order valence-corrected chi connectivity index (χ2v) is 8.28. The average Bonchev–Trinajstić information content (AvgIpc) is 2.63. The highest BCUT2D eigenvalue weighted by Crippen LogP contribution is 2.38. The van der Waals surface area contributed by atoms with Gasteiger partial charge >= 0.3 is 5.97 Å². The Bertz CT molecular complexity index is 976. The largest absolute Gasteiger partial charge is 0.495 e. The summed E-state index contributed by atoms with van der Waals surface area (Å²) >= 11 is 12.3. The lowest BCUT2D eigenvalue weighted by Gasteiger charge is -2.23. The number of carbonyl (C=O) groups is 1. The fourth-order valence-electron chi connectivity index (χ4n) is 2.44. The molecular weight excluding hydrogens is 413 g/mol. The van der Waals surface area contributed by atoms with E-state index in [0.29, 0.717) is 11.3 Å². The maximum absolute atomic E-state index is 13.1. The van der Waals surface area contributed by atoms with Crippen molar-refractivity contribution < 1.29 is 22.7 Å². The van der Waals surface area contributed by atoms with Crippen molar-refractivity contribution in [1.29, 1.82) is 0 Å². The molecule has 146 valence electrons. The van der Waals surface area contributed by atoms with Crippen LogP contribution < -0.4 is 9.04 Å². The van der Waals surface area contributed by atoms with Gasteiger partial charge in [0.25, 0.3) is 10.0 Å². The summed E-state index contributed by atoms with van der Waals surface area (Å²) in [6, 6.07) is 7.44. The highest BCUT2D eigenvalue weighted by molar-refractivity contribution is 7.93. The zero-order chi connectivity index (χ0) is 20.4. The Morgan fingerprint density at radius 2 is 1.81 bits per heavy atom. The van der Waals surface area contributed by atoms with Gasteiger partial charge in [0.05, 0.1) is 30.0 Å². The number of ether oxygens (including phenoxy) is 2. The molecule has 0 radical (unpaired) electrons. The van der Waals surface area contributed by atoms with Gasteiger partial charge in [-0.25, -0.2) is 13.2 Å². The molecule has 2 aromatic rings. The Labute approximate surface area is 168 Å². The molecule has 0 N–H and O–H groups in total. The van der Waals surface area contributed by atoms with Crippen LogP contribution in [0, 0.1) is 6.92 Å². The third-order valence-corrected chi connectivity index (χ3v) is 6.72. The first kappa shape index (κ1) is 21.3. The minimum atomic E-state index is -4.04. The van der Waals surface area contributed by atoms with Crippen LogP contribution in [0.3, 0.4) is 0 Å². The van der Waals surface area contributed by atoms with Crippen LogP contribution in [0.15, 0.2) is 35.2 Å². The number of anilines is 1. The van der Waals surface area contributed by atoms with Gasteiger partial charge in [-0.3, -0.25) is 4.31 Å². The Morgan fingerprint density at radius 1 is 1.15 bits per heavy atom. The maximum Gasteiger partial charge on any atom is 0.338 e. The van der Waals surface area contributed by atoms with E-state index in [1.54, 1.807) is 26.0 Å². The third kappa shape index (κ3) is 4.15. The van der Waals surface area contributed by atoms with Crippen molar-refractivity contribution in [2.24, 2.45) is 0 Å². The van der Waals surface area contributed by atoms with Crippen molar-refractivity contribution in [3.8, 4) is 5.75 Å². The number of halogens is 2. The second kappa shape index (κ2) is 8.37. The van der Waals surface area contributed by atoms with Crippen LogP contribution in [0.1, 0.15) is 22.8 Å². The van der Waals surface area contributed by atoms with Crippen LogP contribution in [0.5, 0.6) is 5.75 Å². The predicted molar refractivity (Wildman–Crippen MR) is 106 cm³/mol. The lowest BCUT2D eigenvalue weighted by atomic mass is 10.1. The van der Waals surface area contributed by atoms with Crippen molar-refractivity contribution in [2.45, 2.75) is 18.7 Å². The van der Waals surface area contributed by atoms with Crippen LogP contribution in [-0.2, 0) is 14.8 Å². The van der Waals surface area contributed by atoms with Gasteiger partial charge in [0.1, 0.15) is 15.7 Å². The third-order valence-electron chi connectivity index (χ3n) is 3.93. The number of aryl methyl sites for hydroxylation is 1. The summed E-state index contributed by atoms with van der Waals surface area (Å²) in [5, 5.41) is -0.132. The second-order valence-electron chi connectivity index (χ2n) is 5.59.